The van der Waals surface area contributed by atoms with E-state index in [1.165, 1.54) is 0 Å². The maximum Gasteiger partial charge on any atom is 0.229 e. The summed E-state index contributed by atoms with van der Waals surface area (Å²) in [6, 6.07) is 0.537. The fourth-order valence-electron chi connectivity index (χ4n) is 1.87. The first-order chi connectivity index (χ1) is 7.66. The van der Waals surface area contributed by atoms with Gasteiger partial charge in [-0.25, -0.2) is 0 Å². The minimum atomic E-state index is 0. The first-order valence-corrected chi connectivity index (χ1v) is 5.94. The number of piperazine rings is 1. The minimum Gasteiger partial charge on any atom is -0.339 e. The van der Waals surface area contributed by atoms with E-state index < -0.39 is 0 Å². The number of aromatic nitrogens is 2. The molecule has 0 amide bonds. The van der Waals surface area contributed by atoms with Gasteiger partial charge in [-0.1, -0.05) is 19.0 Å². The highest BCUT2D eigenvalue weighted by atomic mass is 35.5. The normalized spacial score (nSPS) is 21.5. The number of nitrogens with zero attached hydrogens (tertiary/aromatic N) is 3. The molecular weight excluding hydrogens is 240 g/mol. The van der Waals surface area contributed by atoms with E-state index in [1.54, 1.807) is 0 Å². The maximum atomic E-state index is 5.20. The van der Waals surface area contributed by atoms with E-state index in [-0.39, 0.29) is 12.4 Å². The number of nitrogens with one attached hydrogen (secondary N) is 1. The second-order valence-corrected chi connectivity index (χ2v) is 4.73. The molecule has 1 aliphatic heterocycles. The Kier molecular flexibility index (Phi) is 5.36. The smallest absolute Gasteiger partial charge is 0.229 e. The Labute approximate surface area is 108 Å². The SMILES string of the molecule is CC(C)c1nc(CN2CCNC[C@@H]2C)no1.Cl. The molecule has 1 saturated heterocycles. The zero-order valence-electron chi connectivity index (χ0n) is 10.6. The summed E-state index contributed by atoms with van der Waals surface area (Å²) >= 11 is 0. The van der Waals surface area contributed by atoms with Gasteiger partial charge in [-0.3, -0.25) is 4.90 Å². The third-order valence-electron chi connectivity index (χ3n) is 2.96. The summed E-state index contributed by atoms with van der Waals surface area (Å²) in [6.07, 6.45) is 0. The molecule has 17 heavy (non-hydrogen) atoms. The van der Waals surface area contributed by atoms with E-state index in [0.29, 0.717) is 12.0 Å². The zero-order chi connectivity index (χ0) is 11.5. The lowest BCUT2D eigenvalue weighted by Crippen LogP contribution is -2.49. The van der Waals surface area contributed by atoms with Gasteiger partial charge in [0.15, 0.2) is 5.82 Å². The molecule has 1 N–H and O–H groups in total. The van der Waals surface area contributed by atoms with Crippen molar-refractivity contribution in [2.24, 2.45) is 0 Å². The summed E-state index contributed by atoms with van der Waals surface area (Å²) in [5.74, 6) is 1.84. The molecule has 5 nitrogen and oxygen atoms in total. The first-order valence-electron chi connectivity index (χ1n) is 5.94. The van der Waals surface area contributed by atoms with Crippen LogP contribution in [0.2, 0.25) is 0 Å². The van der Waals surface area contributed by atoms with Crippen LogP contribution in [0.4, 0.5) is 0 Å². The summed E-state index contributed by atoms with van der Waals surface area (Å²) in [5.41, 5.74) is 0. The molecule has 2 rings (SSSR count). The van der Waals surface area contributed by atoms with Crippen LogP contribution >= 0.6 is 12.4 Å². The van der Waals surface area contributed by atoms with Crippen molar-refractivity contribution in [1.82, 2.24) is 20.4 Å². The van der Waals surface area contributed by atoms with Gasteiger partial charge in [0, 0.05) is 31.6 Å². The van der Waals surface area contributed by atoms with Gasteiger partial charge in [-0.15, -0.1) is 12.4 Å². The monoisotopic (exact) mass is 260 g/mol. The van der Waals surface area contributed by atoms with Crippen molar-refractivity contribution in [1.29, 1.82) is 0 Å². The van der Waals surface area contributed by atoms with Gasteiger partial charge in [0.25, 0.3) is 0 Å². The molecule has 1 aromatic rings. The van der Waals surface area contributed by atoms with Gasteiger partial charge in [0.2, 0.25) is 5.89 Å². The second-order valence-electron chi connectivity index (χ2n) is 4.73. The molecule has 0 aromatic carbocycles. The molecule has 0 saturated carbocycles. The van der Waals surface area contributed by atoms with Crippen molar-refractivity contribution in [3.05, 3.63) is 11.7 Å². The molecule has 1 fully saturated rings. The summed E-state index contributed by atoms with van der Waals surface area (Å²) < 4.78 is 5.20. The van der Waals surface area contributed by atoms with Gasteiger partial charge in [0.05, 0.1) is 6.54 Å². The molecule has 0 bridgehead atoms. The Morgan fingerprint density at radius 3 is 2.88 bits per heavy atom. The average molecular weight is 261 g/mol. The predicted molar refractivity (Wildman–Crippen MR) is 68.4 cm³/mol. The lowest BCUT2D eigenvalue weighted by atomic mass is 10.2. The van der Waals surface area contributed by atoms with E-state index in [2.05, 4.69) is 41.1 Å². The van der Waals surface area contributed by atoms with Gasteiger partial charge < -0.3 is 9.84 Å². The molecule has 1 aliphatic rings. The Balaban J connectivity index is 0.00000144. The van der Waals surface area contributed by atoms with Gasteiger partial charge in [0.1, 0.15) is 0 Å². The fraction of sp³-hybridized carbons (Fsp3) is 0.818. The van der Waals surface area contributed by atoms with Crippen LogP contribution in [0.25, 0.3) is 0 Å². The third-order valence-corrected chi connectivity index (χ3v) is 2.96. The fourth-order valence-corrected chi connectivity index (χ4v) is 1.87. The topological polar surface area (TPSA) is 54.2 Å². The summed E-state index contributed by atoms with van der Waals surface area (Å²) in [6.45, 7) is 10.3. The van der Waals surface area contributed by atoms with E-state index in [9.17, 15) is 0 Å². The Bertz CT molecular complexity index is 342. The first kappa shape index (κ1) is 14.4. The largest absolute Gasteiger partial charge is 0.339 e. The van der Waals surface area contributed by atoms with Crippen molar-refractivity contribution in [3.8, 4) is 0 Å². The standard InChI is InChI=1S/C11H20N4O.ClH/c1-8(2)11-13-10(14-16-11)7-15-5-4-12-6-9(15)3;/h8-9,12H,4-7H2,1-3H3;1H/t9-;/m0./s1. The van der Waals surface area contributed by atoms with Gasteiger partial charge in [-0.2, -0.15) is 4.98 Å². The molecule has 0 unspecified atom stereocenters. The molecule has 0 radical (unpaired) electrons. The zero-order valence-corrected chi connectivity index (χ0v) is 11.5. The van der Waals surface area contributed by atoms with Crippen LogP contribution in [0.1, 0.15) is 38.4 Å². The Hall–Kier alpha value is -0.650. The van der Waals surface area contributed by atoms with Gasteiger partial charge in [-0.05, 0) is 6.92 Å². The van der Waals surface area contributed by atoms with Crippen molar-refractivity contribution in [2.45, 2.75) is 39.3 Å². The number of halogens is 1. The molecular formula is C11H21ClN4O. The average Bonchev–Trinajstić information content (AvgIpc) is 2.70. The van der Waals surface area contributed by atoms with Crippen molar-refractivity contribution >= 4 is 12.4 Å². The molecule has 98 valence electrons. The van der Waals surface area contributed by atoms with Crippen LogP contribution in [0.3, 0.4) is 0 Å². The van der Waals surface area contributed by atoms with Crippen molar-refractivity contribution in [2.75, 3.05) is 19.6 Å². The second kappa shape index (κ2) is 6.33. The van der Waals surface area contributed by atoms with Crippen LogP contribution < -0.4 is 5.32 Å². The van der Waals surface area contributed by atoms with Crippen LogP contribution in [-0.4, -0.2) is 40.7 Å². The Morgan fingerprint density at radius 1 is 1.53 bits per heavy atom. The lowest BCUT2D eigenvalue weighted by Gasteiger charge is -2.32. The van der Waals surface area contributed by atoms with Crippen molar-refractivity contribution < 1.29 is 4.52 Å². The molecule has 1 aromatic heterocycles. The van der Waals surface area contributed by atoms with E-state index in [4.69, 9.17) is 4.52 Å². The number of hydrogen-bond donors (Lipinski definition) is 1. The highest BCUT2D eigenvalue weighted by Gasteiger charge is 2.20. The Morgan fingerprint density at radius 2 is 2.29 bits per heavy atom. The molecule has 6 heteroatoms. The third kappa shape index (κ3) is 3.66. The van der Waals surface area contributed by atoms with Crippen molar-refractivity contribution in [3.63, 3.8) is 0 Å². The highest BCUT2D eigenvalue weighted by Crippen LogP contribution is 2.13. The quantitative estimate of drug-likeness (QED) is 0.891. The maximum absolute atomic E-state index is 5.20. The minimum absolute atomic E-state index is 0. The van der Waals surface area contributed by atoms with Crippen LogP contribution in [0, 0.1) is 0 Å². The number of hydrogen-bond acceptors (Lipinski definition) is 5. The van der Waals surface area contributed by atoms with E-state index >= 15 is 0 Å². The summed E-state index contributed by atoms with van der Waals surface area (Å²) in [4.78, 5) is 6.78. The molecule has 0 aliphatic carbocycles. The van der Waals surface area contributed by atoms with Crippen LogP contribution in [0.15, 0.2) is 4.52 Å². The number of rotatable bonds is 3. The van der Waals surface area contributed by atoms with E-state index in [0.717, 1.165) is 37.9 Å². The molecule has 0 spiro atoms. The predicted octanol–water partition coefficient (Wildman–Crippen LogP) is 1.41. The summed E-state index contributed by atoms with van der Waals surface area (Å²) in [5, 5.41) is 7.39. The highest BCUT2D eigenvalue weighted by molar-refractivity contribution is 5.85. The van der Waals surface area contributed by atoms with Crippen LogP contribution in [0.5, 0.6) is 0 Å². The summed E-state index contributed by atoms with van der Waals surface area (Å²) in [7, 11) is 0. The lowest BCUT2D eigenvalue weighted by molar-refractivity contribution is 0.160. The van der Waals surface area contributed by atoms with Crippen LogP contribution in [-0.2, 0) is 6.54 Å². The molecule has 1 atom stereocenters. The van der Waals surface area contributed by atoms with Gasteiger partial charge >= 0.3 is 0 Å². The molecule has 2 heterocycles. The van der Waals surface area contributed by atoms with E-state index in [1.807, 2.05) is 0 Å².